The van der Waals surface area contributed by atoms with Crippen molar-refractivity contribution in [1.29, 1.82) is 0 Å². The van der Waals surface area contributed by atoms with Crippen molar-refractivity contribution in [2.24, 2.45) is 0 Å². The van der Waals surface area contributed by atoms with Crippen LogP contribution in [-0.4, -0.2) is 11.8 Å². The maximum Gasteiger partial charge on any atom is 0.308 e. The van der Waals surface area contributed by atoms with E-state index in [-0.39, 0.29) is 11.6 Å². The van der Waals surface area contributed by atoms with Gasteiger partial charge in [-0.3, -0.25) is 9.59 Å². The monoisotopic (exact) mass is 286 g/mol. The molecule has 0 aliphatic rings. The number of ketones is 1. The van der Waals surface area contributed by atoms with Gasteiger partial charge in [0, 0.05) is 18.1 Å². The van der Waals surface area contributed by atoms with Crippen molar-refractivity contribution >= 4 is 11.8 Å². The van der Waals surface area contributed by atoms with E-state index in [0.29, 0.717) is 16.9 Å². The fourth-order valence-electron chi connectivity index (χ4n) is 2.06. The van der Waals surface area contributed by atoms with Crippen LogP contribution >= 0.6 is 0 Å². The van der Waals surface area contributed by atoms with Crippen LogP contribution in [0.25, 0.3) is 0 Å². The largest absolute Gasteiger partial charge is 0.426 e. The maximum absolute atomic E-state index is 12.9. The van der Waals surface area contributed by atoms with E-state index in [2.05, 4.69) is 0 Å². The molecule has 0 bridgehead atoms. The molecular weight excluding hydrogens is 271 g/mol. The van der Waals surface area contributed by atoms with E-state index in [4.69, 9.17) is 4.74 Å². The Morgan fingerprint density at radius 1 is 0.952 bits per heavy atom. The van der Waals surface area contributed by atoms with Crippen molar-refractivity contribution in [2.45, 2.75) is 20.8 Å². The second-order valence-electron chi connectivity index (χ2n) is 4.79. The van der Waals surface area contributed by atoms with Gasteiger partial charge in [-0.2, -0.15) is 0 Å². The predicted octanol–water partition coefficient (Wildman–Crippen LogP) is 3.60. The summed E-state index contributed by atoms with van der Waals surface area (Å²) in [6.45, 7) is 4.90. The highest BCUT2D eigenvalue weighted by Gasteiger charge is 2.16. The van der Waals surface area contributed by atoms with E-state index in [1.807, 2.05) is 0 Å². The third kappa shape index (κ3) is 3.16. The zero-order valence-corrected chi connectivity index (χ0v) is 12.1. The Labute approximate surface area is 122 Å². The number of benzene rings is 2. The van der Waals surface area contributed by atoms with Crippen molar-refractivity contribution < 1.29 is 18.7 Å². The first-order valence-corrected chi connectivity index (χ1v) is 6.49. The van der Waals surface area contributed by atoms with E-state index < -0.39 is 5.97 Å². The zero-order valence-electron chi connectivity index (χ0n) is 12.1. The number of esters is 1. The van der Waals surface area contributed by atoms with Gasteiger partial charge in [0.2, 0.25) is 0 Å². The van der Waals surface area contributed by atoms with Gasteiger partial charge in [-0.15, -0.1) is 0 Å². The van der Waals surface area contributed by atoms with Crippen LogP contribution in [-0.2, 0) is 4.79 Å². The molecule has 0 aliphatic carbocycles. The lowest BCUT2D eigenvalue weighted by Crippen LogP contribution is -2.08. The molecule has 4 heteroatoms. The molecule has 2 aromatic carbocycles. The molecule has 0 heterocycles. The highest BCUT2D eigenvalue weighted by Crippen LogP contribution is 2.26. The minimum Gasteiger partial charge on any atom is -0.426 e. The summed E-state index contributed by atoms with van der Waals surface area (Å²) < 4.78 is 18.0. The molecule has 0 radical (unpaired) electrons. The van der Waals surface area contributed by atoms with Gasteiger partial charge in [0.25, 0.3) is 0 Å². The molecule has 0 amide bonds. The lowest BCUT2D eigenvalue weighted by atomic mass is 9.95. The average Bonchev–Trinajstić information content (AvgIpc) is 2.44. The Kier molecular flexibility index (Phi) is 4.17. The molecule has 108 valence electrons. The standard InChI is InChI=1S/C17H15FO3/c1-10-11(2)16(21-12(3)19)9-8-15(10)17(20)13-4-6-14(18)7-5-13/h4-9H,1-3H3. The summed E-state index contributed by atoms with van der Waals surface area (Å²) in [5, 5.41) is 0. The number of ether oxygens (including phenoxy) is 1. The van der Waals surface area contributed by atoms with E-state index in [1.54, 1.807) is 26.0 Å². The second kappa shape index (κ2) is 5.87. The summed E-state index contributed by atoms with van der Waals surface area (Å²) in [6.07, 6.45) is 0. The molecule has 0 saturated carbocycles. The molecule has 21 heavy (non-hydrogen) atoms. The van der Waals surface area contributed by atoms with Crippen molar-refractivity contribution in [2.75, 3.05) is 0 Å². The number of hydrogen-bond donors (Lipinski definition) is 0. The van der Waals surface area contributed by atoms with Crippen molar-refractivity contribution in [1.82, 2.24) is 0 Å². The van der Waals surface area contributed by atoms with E-state index >= 15 is 0 Å². The second-order valence-corrected chi connectivity index (χ2v) is 4.79. The normalized spacial score (nSPS) is 10.3. The molecule has 0 aliphatic heterocycles. The fraction of sp³-hybridized carbons (Fsp3) is 0.176. The first-order valence-electron chi connectivity index (χ1n) is 6.49. The Balaban J connectivity index is 2.40. The van der Waals surface area contributed by atoms with Crippen molar-refractivity contribution in [3.05, 3.63) is 64.5 Å². The Morgan fingerprint density at radius 3 is 2.14 bits per heavy atom. The van der Waals surface area contributed by atoms with Crippen LogP contribution in [0.1, 0.15) is 34.0 Å². The zero-order chi connectivity index (χ0) is 15.6. The van der Waals surface area contributed by atoms with Gasteiger partial charge in [0.05, 0.1) is 0 Å². The smallest absolute Gasteiger partial charge is 0.308 e. The van der Waals surface area contributed by atoms with Crippen LogP contribution in [0.4, 0.5) is 4.39 Å². The Bertz CT molecular complexity index is 703. The van der Waals surface area contributed by atoms with Crippen LogP contribution in [0.5, 0.6) is 5.75 Å². The summed E-state index contributed by atoms with van der Waals surface area (Å²) in [6, 6.07) is 8.62. The van der Waals surface area contributed by atoms with Gasteiger partial charge >= 0.3 is 5.97 Å². The summed E-state index contributed by atoms with van der Waals surface area (Å²) in [7, 11) is 0. The first kappa shape index (κ1) is 14.9. The molecule has 0 spiro atoms. The molecule has 3 nitrogen and oxygen atoms in total. The number of carbonyl (C=O) groups is 2. The van der Waals surface area contributed by atoms with Crippen molar-refractivity contribution in [3.63, 3.8) is 0 Å². The van der Waals surface area contributed by atoms with Gasteiger partial charge in [-0.25, -0.2) is 4.39 Å². The van der Waals surface area contributed by atoms with Crippen LogP contribution in [0, 0.1) is 19.7 Å². The van der Waals surface area contributed by atoms with Crippen molar-refractivity contribution in [3.8, 4) is 5.75 Å². The van der Waals surface area contributed by atoms with E-state index in [9.17, 15) is 14.0 Å². The van der Waals surface area contributed by atoms with Gasteiger partial charge in [0.15, 0.2) is 5.78 Å². The van der Waals surface area contributed by atoms with E-state index in [0.717, 1.165) is 11.1 Å². The Hall–Kier alpha value is -2.49. The maximum atomic E-state index is 12.9. The summed E-state index contributed by atoms with van der Waals surface area (Å²) >= 11 is 0. The van der Waals surface area contributed by atoms with Gasteiger partial charge in [0.1, 0.15) is 11.6 Å². The lowest BCUT2D eigenvalue weighted by Gasteiger charge is -2.12. The molecular formula is C17H15FO3. The first-order chi connectivity index (χ1) is 9.90. The summed E-state index contributed by atoms with van der Waals surface area (Å²) in [5.41, 5.74) is 2.40. The molecule has 2 rings (SSSR count). The molecule has 0 N–H and O–H groups in total. The van der Waals surface area contributed by atoms with Crippen LogP contribution in [0.15, 0.2) is 36.4 Å². The van der Waals surface area contributed by atoms with Gasteiger partial charge in [-0.1, -0.05) is 0 Å². The molecule has 0 atom stereocenters. The molecule has 0 fully saturated rings. The minimum atomic E-state index is -0.407. The van der Waals surface area contributed by atoms with Crippen LogP contribution in [0.3, 0.4) is 0 Å². The third-order valence-electron chi connectivity index (χ3n) is 3.34. The number of carbonyl (C=O) groups excluding carboxylic acids is 2. The van der Waals surface area contributed by atoms with Gasteiger partial charge < -0.3 is 4.74 Å². The molecule has 2 aromatic rings. The topological polar surface area (TPSA) is 43.4 Å². The predicted molar refractivity (Wildman–Crippen MR) is 77.1 cm³/mol. The van der Waals surface area contributed by atoms with Crippen LogP contribution < -0.4 is 4.74 Å². The SMILES string of the molecule is CC(=O)Oc1ccc(C(=O)c2ccc(F)cc2)c(C)c1C. The quantitative estimate of drug-likeness (QED) is 0.492. The highest BCUT2D eigenvalue weighted by molar-refractivity contribution is 6.10. The molecule has 0 unspecified atom stereocenters. The van der Waals surface area contributed by atoms with E-state index in [1.165, 1.54) is 31.2 Å². The number of halogens is 1. The Morgan fingerprint density at radius 2 is 1.57 bits per heavy atom. The molecule has 0 aromatic heterocycles. The average molecular weight is 286 g/mol. The fourth-order valence-corrected chi connectivity index (χ4v) is 2.06. The van der Waals surface area contributed by atoms with Gasteiger partial charge in [-0.05, 0) is 61.4 Å². The minimum absolute atomic E-state index is 0.190. The van der Waals surface area contributed by atoms with Crippen LogP contribution in [0.2, 0.25) is 0 Å². The summed E-state index contributed by atoms with van der Waals surface area (Å²) in [4.78, 5) is 23.5. The number of rotatable bonds is 3. The number of hydrogen-bond acceptors (Lipinski definition) is 3. The third-order valence-corrected chi connectivity index (χ3v) is 3.34. The lowest BCUT2D eigenvalue weighted by molar-refractivity contribution is -0.131. The molecule has 0 saturated heterocycles. The highest BCUT2D eigenvalue weighted by atomic mass is 19.1. The summed E-state index contributed by atoms with van der Waals surface area (Å²) in [5.74, 6) is -0.541.